The van der Waals surface area contributed by atoms with Crippen LogP contribution in [0.25, 0.3) is 0 Å². The van der Waals surface area contributed by atoms with Crippen LogP contribution in [0.1, 0.15) is 43.1 Å². The maximum Gasteiger partial charge on any atom is 0.326 e. The topological polar surface area (TPSA) is 74.7 Å². The molecule has 0 saturated heterocycles. The van der Waals surface area contributed by atoms with Crippen LogP contribution in [-0.2, 0) is 16.0 Å². The smallest absolute Gasteiger partial charge is 0.326 e. The Hall–Kier alpha value is -2.17. The molecule has 2 atom stereocenters. The number of aliphatic carboxylic acids is 1. The highest BCUT2D eigenvalue weighted by molar-refractivity contribution is 6.00. The standard InChI is InChI=1S/C18H23NO4/c1-11(2)16(18(22)23)19(12(3)20)10-14-9-8-13-6-4-5-7-15(13)17(14)21/h4-7,11,14,16H,8-10H2,1-3H3,(H,22,23)/t14-,16-/m1/s1. The molecule has 124 valence electrons. The van der Waals surface area contributed by atoms with Crippen molar-refractivity contribution in [3.8, 4) is 0 Å². The van der Waals surface area contributed by atoms with E-state index < -0.39 is 12.0 Å². The molecular weight excluding hydrogens is 294 g/mol. The molecule has 0 aromatic heterocycles. The average molecular weight is 317 g/mol. The van der Waals surface area contributed by atoms with Gasteiger partial charge >= 0.3 is 5.97 Å². The molecule has 0 radical (unpaired) electrons. The second kappa shape index (κ2) is 6.94. The predicted octanol–water partition coefficient (Wildman–Crippen LogP) is 2.39. The van der Waals surface area contributed by atoms with Crippen molar-refractivity contribution in [2.24, 2.45) is 11.8 Å². The zero-order valence-electron chi connectivity index (χ0n) is 13.8. The first-order valence-corrected chi connectivity index (χ1v) is 7.95. The van der Waals surface area contributed by atoms with Gasteiger partial charge in [-0.2, -0.15) is 0 Å². The molecule has 0 unspecified atom stereocenters. The van der Waals surface area contributed by atoms with E-state index in [2.05, 4.69) is 0 Å². The van der Waals surface area contributed by atoms with E-state index in [0.29, 0.717) is 12.0 Å². The second-order valence-corrected chi connectivity index (χ2v) is 6.46. The highest BCUT2D eigenvalue weighted by atomic mass is 16.4. The summed E-state index contributed by atoms with van der Waals surface area (Å²) in [4.78, 5) is 37.5. The Morgan fingerprint density at radius 1 is 1.30 bits per heavy atom. The van der Waals surface area contributed by atoms with Gasteiger partial charge in [0.25, 0.3) is 0 Å². The van der Waals surface area contributed by atoms with E-state index in [4.69, 9.17) is 0 Å². The number of hydrogen-bond donors (Lipinski definition) is 1. The van der Waals surface area contributed by atoms with Crippen molar-refractivity contribution < 1.29 is 19.5 Å². The Labute approximate surface area is 136 Å². The number of carbonyl (C=O) groups is 3. The first kappa shape index (κ1) is 17.2. The Bertz CT molecular complexity index is 623. The van der Waals surface area contributed by atoms with Crippen LogP contribution in [0.4, 0.5) is 0 Å². The highest BCUT2D eigenvalue weighted by Gasteiger charge is 2.35. The summed E-state index contributed by atoms with van der Waals surface area (Å²) in [6.45, 7) is 5.07. The number of fused-ring (bicyclic) bond motifs is 1. The van der Waals surface area contributed by atoms with Gasteiger partial charge in [0.1, 0.15) is 6.04 Å². The Balaban J connectivity index is 2.23. The third-order valence-corrected chi connectivity index (χ3v) is 4.46. The first-order valence-electron chi connectivity index (χ1n) is 7.95. The minimum absolute atomic E-state index is 0.00555. The lowest BCUT2D eigenvalue weighted by molar-refractivity contribution is -0.151. The molecule has 1 aliphatic rings. The van der Waals surface area contributed by atoms with Gasteiger partial charge in [0.2, 0.25) is 5.91 Å². The van der Waals surface area contributed by atoms with Crippen molar-refractivity contribution in [3.63, 3.8) is 0 Å². The van der Waals surface area contributed by atoms with Crippen molar-refractivity contribution in [1.82, 2.24) is 4.90 Å². The number of ketones is 1. The normalized spacial score (nSPS) is 18.4. The van der Waals surface area contributed by atoms with Crippen LogP contribution in [0.5, 0.6) is 0 Å². The maximum atomic E-state index is 12.7. The summed E-state index contributed by atoms with van der Waals surface area (Å²) in [5.41, 5.74) is 1.73. The van der Waals surface area contributed by atoms with Gasteiger partial charge in [-0.1, -0.05) is 38.1 Å². The Morgan fingerprint density at radius 3 is 2.52 bits per heavy atom. The number of Topliss-reactive ketones (excluding diaryl/α,β-unsaturated/α-hetero) is 1. The number of carbonyl (C=O) groups excluding carboxylic acids is 2. The summed E-state index contributed by atoms with van der Waals surface area (Å²) >= 11 is 0. The minimum atomic E-state index is -1.03. The predicted molar refractivity (Wildman–Crippen MR) is 86.2 cm³/mol. The number of rotatable bonds is 5. The van der Waals surface area contributed by atoms with Crippen LogP contribution in [0.15, 0.2) is 24.3 Å². The monoisotopic (exact) mass is 317 g/mol. The molecule has 0 bridgehead atoms. The summed E-state index contributed by atoms with van der Waals surface area (Å²) in [5, 5.41) is 9.44. The molecule has 1 amide bonds. The van der Waals surface area contributed by atoms with E-state index in [1.807, 2.05) is 18.2 Å². The van der Waals surface area contributed by atoms with E-state index in [1.54, 1.807) is 19.9 Å². The van der Waals surface area contributed by atoms with Gasteiger partial charge in [-0.05, 0) is 24.3 Å². The molecule has 0 heterocycles. The molecule has 0 spiro atoms. The maximum absolute atomic E-state index is 12.7. The van der Waals surface area contributed by atoms with Gasteiger partial charge in [0.05, 0.1) is 0 Å². The lowest BCUT2D eigenvalue weighted by Crippen LogP contribution is -2.50. The van der Waals surface area contributed by atoms with Crippen molar-refractivity contribution in [1.29, 1.82) is 0 Å². The minimum Gasteiger partial charge on any atom is -0.480 e. The summed E-state index contributed by atoms with van der Waals surface area (Å²) in [6, 6.07) is 6.58. The molecule has 0 aliphatic heterocycles. The number of aryl methyl sites for hydroxylation is 1. The quantitative estimate of drug-likeness (QED) is 0.905. The van der Waals surface area contributed by atoms with E-state index in [0.717, 1.165) is 12.0 Å². The lowest BCUT2D eigenvalue weighted by Gasteiger charge is -2.34. The molecule has 1 N–H and O–H groups in total. The van der Waals surface area contributed by atoms with Gasteiger partial charge < -0.3 is 10.0 Å². The Kier molecular flexibility index (Phi) is 5.19. The van der Waals surface area contributed by atoms with Crippen molar-refractivity contribution in [3.05, 3.63) is 35.4 Å². The molecule has 5 heteroatoms. The average Bonchev–Trinajstić information content (AvgIpc) is 2.48. The third kappa shape index (κ3) is 3.60. The van der Waals surface area contributed by atoms with Crippen LogP contribution < -0.4 is 0 Å². The number of benzene rings is 1. The number of hydrogen-bond acceptors (Lipinski definition) is 3. The number of carboxylic acid groups (broad SMARTS) is 1. The summed E-state index contributed by atoms with van der Waals surface area (Å²) < 4.78 is 0. The molecule has 0 fully saturated rings. The fraction of sp³-hybridized carbons (Fsp3) is 0.500. The molecule has 2 rings (SSSR count). The second-order valence-electron chi connectivity index (χ2n) is 6.46. The zero-order valence-corrected chi connectivity index (χ0v) is 13.8. The van der Waals surface area contributed by atoms with Crippen LogP contribution in [0.2, 0.25) is 0 Å². The summed E-state index contributed by atoms with van der Waals surface area (Å²) in [7, 11) is 0. The van der Waals surface area contributed by atoms with E-state index >= 15 is 0 Å². The number of nitrogens with zero attached hydrogens (tertiary/aromatic N) is 1. The SMILES string of the molecule is CC(=O)N(C[C@H]1CCc2ccccc2C1=O)[C@@H](C(=O)O)C(C)C. The molecule has 0 saturated carbocycles. The molecule has 1 aliphatic carbocycles. The number of carboxylic acids is 1. The lowest BCUT2D eigenvalue weighted by atomic mass is 9.82. The molecule has 1 aromatic carbocycles. The van der Waals surface area contributed by atoms with Crippen LogP contribution in [0, 0.1) is 11.8 Å². The van der Waals surface area contributed by atoms with E-state index in [9.17, 15) is 19.5 Å². The summed E-state index contributed by atoms with van der Waals surface area (Å²) in [6.07, 6.45) is 1.42. The van der Waals surface area contributed by atoms with E-state index in [-0.39, 0.29) is 30.1 Å². The highest BCUT2D eigenvalue weighted by Crippen LogP contribution is 2.27. The molecule has 5 nitrogen and oxygen atoms in total. The largest absolute Gasteiger partial charge is 0.480 e. The van der Waals surface area contributed by atoms with Crippen LogP contribution in [0.3, 0.4) is 0 Å². The van der Waals surface area contributed by atoms with Crippen molar-refractivity contribution in [2.45, 2.75) is 39.7 Å². The first-order chi connectivity index (χ1) is 10.8. The number of amides is 1. The molecule has 23 heavy (non-hydrogen) atoms. The fourth-order valence-corrected chi connectivity index (χ4v) is 3.29. The van der Waals surface area contributed by atoms with E-state index in [1.165, 1.54) is 11.8 Å². The van der Waals surface area contributed by atoms with Crippen molar-refractivity contribution in [2.75, 3.05) is 6.54 Å². The fourth-order valence-electron chi connectivity index (χ4n) is 3.29. The van der Waals surface area contributed by atoms with Gasteiger partial charge in [-0.15, -0.1) is 0 Å². The van der Waals surface area contributed by atoms with Crippen molar-refractivity contribution >= 4 is 17.7 Å². The summed E-state index contributed by atoms with van der Waals surface area (Å²) in [5.74, 6) is -1.89. The van der Waals surface area contributed by atoms with Crippen LogP contribution >= 0.6 is 0 Å². The third-order valence-electron chi connectivity index (χ3n) is 4.46. The zero-order chi connectivity index (χ0) is 17.1. The molecule has 1 aromatic rings. The van der Waals surface area contributed by atoms with Gasteiger partial charge in [0.15, 0.2) is 5.78 Å². The van der Waals surface area contributed by atoms with Crippen LogP contribution in [-0.4, -0.2) is 40.3 Å². The van der Waals surface area contributed by atoms with Gasteiger partial charge in [-0.25, -0.2) is 4.79 Å². The van der Waals surface area contributed by atoms with Gasteiger partial charge in [-0.3, -0.25) is 9.59 Å². The Morgan fingerprint density at radius 2 is 1.96 bits per heavy atom. The molecular formula is C18H23NO4. The van der Waals surface area contributed by atoms with Gasteiger partial charge in [0, 0.05) is 24.9 Å².